The number of likely N-dealkylation sites (tertiary alicyclic amines) is 1. The summed E-state index contributed by atoms with van der Waals surface area (Å²) in [6.07, 6.45) is 3.46. The van der Waals surface area contributed by atoms with Gasteiger partial charge in [-0.3, -0.25) is 19.3 Å². The second-order valence-electron chi connectivity index (χ2n) is 8.16. The molecule has 0 unspecified atom stereocenters. The Labute approximate surface area is 207 Å². The van der Waals surface area contributed by atoms with E-state index < -0.39 is 11.1 Å². The predicted octanol–water partition coefficient (Wildman–Crippen LogP) is 4.89. The summed E-state index contributed by atoms with van der Waals surface area (Å²) in [5.74, 6) is 0.110. The molecule has 0 N–H and O–H groups in total. The molecule has 4 rings (SSSR count). The standard InChI is InChI=1S/C25H25ClN2O5S/c1-16-5-7-17(8-6-16)15-33-23-19(26)11-18(12-20(23)32-2)13-21-24(30)28(25(31)34-21)14-22(29)27-9-3-4-10-27/h5-8,11-13H,3-4,9-10,14-15H2,1-2H3/b21-13+. The summed E-state index contributed by atoms with van der Waals surface area (Å²) >= 11 is 7.28. The Morgan fingerprint density at radius 2 is 1.85 bits per heavy atom. The van der Waals surface area contributed by atoms with Crippen LogP contribution in [0.5, 0.6) is 11.5 Å². The number of ether oxygens (including phenoxy) is 2. The maximum Gasteiger partial charge on any atom is 0.294 e. The zero-order valence-electron chi connectivity index (χ0n) is 19.0. The van der Waals surface area contributed by atoms with Crippen molar-refractivity contribution in [2.75, 3.05) is 26.7 Å². The van der Waals surface area contributed by atoms with Crippen LogP contribution in [0.15, 0.2) is 41.3 Å². The number of carbonyl (C=O) groups excluding carboxylic acids is 3. The van der Waals surface area contributed by atoms with E-state index in [4.69, 9.17) is 21.1 Å². The Balaban J connectivity index is 1.49. The van der Waals surface area contributed by atoms with Crippen molar-refractivity contribution in [2.24, 2.45) is 0 Å². The Bertz CT molecular complexity index is 1140. The molecule has 34 heavy (non-hydrogen) atoms. The second-order valence-corrected chi connectivity index (χ2v) is 9.56. The first-order valence-corrected chi connectivity index (χ1v) is 12.1. The van der Waals surface area contributed by atoms with Crippen molar-refractivity contribution in [3.63, 3.8) is 0 Å². The van der Waals surface area contributed by atoms with Crippen molar-refractivity contribution < 1.29 is 23.9 Å². The number of nitrogens with zero attached hydrogens (tertiary/aromatic N) is 2. The Hall–Kier alpha value is -2.97. The van der Waals surface area contributed by atoms with Crippen molar-refractivity contribution in [1.29, 1.82) is 0 Å². The van der Waals surface area contributed by atoms with Gasteiger partial charge < -0.3 is 14.4 Å². The molecular weight excluding hydrogens is 476 g/mol. The number of benzene rings is 2. The van der Waals surface area contributed by atoms with Gasteiger partial charge >= 0.3 is 0 Å². The van der Waals surface area contributed by atoms with E-state index in [2.05, 4.69) is 0 Å². The lowest BCUT2D eigenvalue weighted by Gasteiger charge is -2.18. The summed E-state index contributed by atoms with van der Waals surface area (Å²) in [6.45, 7) is 3.43. The smallest absolute Gasteiger partial charge is 0.294 e. The van der Waals surface area contributed by atoms with Gasteiger partial charge in [-0.1, -0.05) is 41.4 Å². The lowest BCUT2D eigenvalue weighted by atomic mass is 10.1. The molecule has 0 spiro atoms. The summed E-state index contributed by atoms with van der Waals surface area (Å²) in [5.41, 5.74) is 2.74. The molecule has 2 saturated heterocycles. The number of halogens is 1. The molecule has 0 aromatic heterocycles. The zero-order chi connectivity index (χ0) is 24.2. The number of hydrogen-bond acceptors (Lipinski definition) is 6. The van der Waals surface area contributed by atoms with Crippen LogP contribution in [0.3, 0.4) is 0 Å². The molecule has 2 aliphatic heterocycles. The molecule has 7 nitrogen and oxygen atoms in total. The molecule has 2 fully saturated rings. The summed E-state index contributed by atoms with van der Waals surface area (Å²) in [6, 6.07) is 11.3. The van der Waals surface area contributed by atoms with Crippen molar-refractivity contribution in [3.05, 3.63) is 63.0 Å². The van der Waals surface area contributed by atoms with Crippen LogP contribution >= 0.6 is 23.4 Å². The van der Waals surface area contributed by atoms with Crippen LogP contribution in [-0.2, 0) is 16.2 Å². The van der Waals surface area contributed by atoms with Crippen LogP contribution < -0.4 is 9.47 Å². The molecule has 3 amide bonds. The van der Waals surface area contributed by atoms with E-state index in [0.717, 1.165) is 40.6 Å². The molecule has 0 aliphatic carbocycles. The first-order valence-electron chi connectivity index (χ1n) is 10.9. The number of amides is 3. The fourth-order valence-corrected chi connectivity index (χ4v) is 4.90. The van der Waals surface area contributed by atoms with Gasteiger partial charge in [-0.05, 0) is 60.9 Å². The van der Waals surface area contributed by atoms with Crippen molar-refractivity contribution in [2.45, 2.75) is 26.4 Å². The molecule has 2 aromatic rings. The van der Waals surface area contributed by atoms with Crippen LogP contribution in [-0.4, -0.2) is 53.6 Å². The molecule has 2 aliphatic rings. The predicted molar refractivity (Wildman–Crippen MR) is 132 cm³/mol. The normalized spacial score (nSPS) is 17.1. The molecule has 0 bridgehead atoms. The van der Waals surface area contributed by atoms with Gasteiger partial charge in [0, 0.05) is 13.1 Å². The maximum atomic E-state index is 12.8. The van der Waals surface area contributed by atoms with Crippen molar-refractivity contribution in [1.82, 2.24) is 9.80 Å². The minimum atomic E-state index is -0.489. The number of thioether (sulfide) groups is 1. The van der Waals surface area contributed by atoms with E-state index in [9.17, 15) is 14.4 Å². The minimum absolute atomic E-state index is 0.208. The van der Waals surface area contributed by atoms with E-state index in [1.165, 1.54) is 7.11 Å². The second kappa shape index (κ2) is 10.5. The van der Waals surface area contributed by atoms with Gasteiger partial charge in [-0.2, -0.15) is 0 Å². The van der Waals surface area contributed by atoms with Gasteiger partial charge in [-0.25, -0.2) is 0 Å². The molecule has 2 heterocycles. The average Bonchev–Trinajstić information content (AvgIpc) is 3.44. The van der Waals surface area contributed by atoms with E-state index in [1.54, 1.807) is 23.1 Å². The third kappa shape index (κ3) is 5.39. The van der Waals surface area contributed by atoms with Crippen LogP contribution in [0.1, 0.15) is 29.5 Å². The van der Waals surface area contributed by atoms with Gasteiger partial charge in [-0.15, -0.1) is 0 Å². The number of hydrogen-bond donors (Lipinski definition) is 0. The highest BCUT2D eigenvalue weighted by Gasteiger charge is 2.37. The van der Waals surface area contributed by atoms with Crippen LogP contribution in [0, 0.1) is 6.92 Å². The van der Waals surface area contributed by atoms with E-state index in [-0.39, 0.29) is 17.4 Å². The SMILES string of the molecule is COc1cc(/C=C2/SC(=O)N(CC(=O)N3CCCC3)C2=O)cc(Cl)c1OCc1ccc(C)cc1. The summed E-state index contributed by atoms with van der Waals surface area (Å²) in [7, 11) is 1.51. The lowest BCUT2D eigenvalue weighted by Crippen LogP contribution is -2.40. The number of carbonyl (C=O) groups is 3. The fourth-order valence-electron chi connectivity index (χ4n) is 3.79. The molecular formula is C25H25ClN2O5S. The third-order valence-corrected chi connectivity index (χ3v) is 6.87. The van der Waals surface area contributed by atoms with Gasteiger partial charge in [0.05, 0.1) is 17.0 Å². The van der Waals surface area contributed by atoms with E-state index in [0.29, 0.717) is 41.8 Å². The third-order valence-electron chi connectivity index (χ3n) is 5.68. The summed E-state index contributed by atoms with van der Waals surface area (Å²) < 4.78 is 11.4. The van der Waals surface area contributed by atoms with Gasteiger partial charge in [0.1, 0.15) is 13.2 Å². The Kier molecular flexibility index (Phi) is 7.48. The summed E-state index contributed by atoms with van der Waals surface area (Å²) in [4.78, 5) is 40.5. The first kappa shape index (κ1) is 24.2. The van der Waals surface area contributed by atoms with E-state index >= 15 is 0 Å². The zero-order valence-corrected chi connectivity index (χ0v) is 20.6. The molecule has 178 valence electrons. The van der Waals surface area contributed by atoms with Crippen LogP contribution in [0.25, 0.3) is 6.08 Å². The molecule has 0 atom stereocenters. The Morgan fingerprint density at radius 1 is 1.15 bits per heavy atom. The number of methoxy groups -OCH3 is 1. The quantitative estimate of drug-likeness (QED) is 0.503. The molecule has 0 radical (unpaired) electrons. The minimum Gasteiger partial charge on any atom is -0.493 e. The molecule has 2 aromatic carbocycles. The highest BCUT2D eigenvalue weighted by Crippen LogP contribution is 2.39. The maximum absolute atomic E-state index is 12.8. The topological polar surface area (TPSA) is 76.2 Å². The van der Waals surface area contributed by atoms with Crippen LogP contribution in [0.4, 0.5) is 4.79 Å². The highest BCUT2D eigenvalue weighted by molar-refractivity contribution is 8.18. The monoisotopic (exact) mass is 500 g/mol. The first-order chi connectivity index (χ1) is 16.4. The lowest BCUT2D eigenvalue weighted by molar-refractivity contribution is -0.135. The number of imide groups is 1. The highest BCUT2D eigenvalue weighted by atomic mass is 35.5. The van der Waals surface area contributed by atoms with Gasteiger partial charge in [0.2, 0.25) is 5.91 Å². The molecule has 0 saturated carbocycles. The van der Waals surface area contributed by atoms with Crippen molar-refractivity contribution >= 4 is 46.5 Å². The fraction of sp³-hybridized carbons (Fsp3) is 0.320. The Morgan fingerprint density at radius 3 is 2.53 bits per heavy atom. The van der Waals surface area contributed by atoms with Gasteiger partial charge in [0.25, 0.3) is 11.1 Å². The number of aryl methyl sites for hydroxylation is 1. The van der Waals surface area contributed by atoms with Crippen molar-refractivity contribution in [3.8, 4) is 11.5 Å². The van der Waals surface area contributed by atoms with Gasteiger partial charge in [0.15, 0.2) is 11.5 Å². The molecule has 9 heteroatoms. The largest absolute Gasteiger partial charge is 0.493 e. The summed E-state index contributed by atoms with van der Waals surface area (Å²) in [5, 5.41) is -0.138. The number of rotatable bonds is 7. The average molecular weight is 501 g/mol. The van der Waals surface area contributed by atoms with Crippen LogP contribution in [0.2, 0.25) is 5.02 Å². The van der Waals surface area contributed by atoms with E-state index in [1.807, 2.05) is 31.2 Å².